The summed E-state index contributed by atoms with van der Waals surface area (Å²) in [5.74, 6) is -0.303. The van der Waals surface area contributed by atoms with Gasteiger partial charge in [-0.25, -0.2) is 0 Å². The number of hydrogen-bond acceptors (Lipinski definition) is 4. The molecule has 1 aliphatic heterocycles. The average Bonchev–Trinajstić information content (AvgIpc) is 3.36. The van der Waals surface area contributed by atoms with E-state index < -0.39 is 0 Å². The number of carbonyl (C=O) groups excluding carboxylic acids is 1. The number of pyridine rings is 1. The Bertz CT molecular complexity index is 1100. The largest absolute Gasteiger partial charge is 0.465 e. The molecule has 0 aliphatic carbocycles. The lowest BCUT2D eigenvalue weighted by molar-refractivity contribution is -0.143. The number of ether oxygens (including phenoxy) is 1. The Kier molecular flexibility index (Phi) is 6.04. The van der Waals surface area contributed by atoms with Crippen molar-refractivity contribution in [3.05, 3.63) is 83.4 Å². The lowest BCUT2D eigenvalue weighted by Gasteiger charge is -2.28. The molecule has 0 radical (unpaired) electrons. The van der Waals surface area contributed by atoms with E-state index in [9.17, 15) is 4.79 Å². The molecule has 0 unspecified atom stereocenters. The molecule has 6 nitrogen and oxygen atoms in total. The van der Waals surface area contributed by atoms with Crippen LogP contribution in [0.3, 0.4) is 0 Å². The molecule has 1 N–H and O–H groups in total. The summed E-state index contributed by atoms with van der Waals surface area (Å²) in [4.78, 5) is 18.8. The normalized spacial score (nSPS) is 18.2. The van der Waals surface area contributed by atoms with Gasteiger partial charge in [0, 0.05) is 23.8 Å². The van der Waals surface area contributed by atoms with Crippen LogP contribution in [0.1, 0.15) is 41.5 Å². The van der Waals surface area contributed by atoms with Gasteiger partial charge in [-0.3, -0.25) is 9.78 Å². The topological polar surface area (TPSA) is 59.4 Å². The number of nitrogens with one attached hydrogen (secondary N) is 1. The van der Waals surface area contributed by atoms with Gasteiger partial charge in [-0.05, 0) is 80.5 Å². The number of aryl methyl sites for hydroxylation is 2. The smallest absolute Gasteiger partial charge is 0.325 e. The molecule has 0 amide bonds. The van der Waals surface area contributed by atoms with Crippen molar-refractivity contribution < 1.29 is 9.53 Å². The van der Waals surface area contributed by atoms with E-state index in [0.29, 0.717) is 11.7 Å². The highest BCUT2D eigenvalue weighted by molar-refractivity contribution is 7.80. The van der Waals surface area contributed by atoms with Crippen LogP contribution in [0.2, 0.25) is 0 Å². The number of esters is 1. The Morgan fingerprint density at radius 2 is 2.00 bits per heavy atom. The molecular weight excluding hydrogens is 408 g/mol. The van der Waals surface area contributed by atoms with Crippen LogP contribution in [0.4, 0.5) is 0 Å². The molecule has 4 rings (SSSR count). The minimum atomic E-state index is -0.303. The van der Waals surface area contributed by atoms with E-state index in [4.69, 9.17) is 17.0 Å². The third-order valence-electron chi connectivity index (χ3n) is 5.65. The third kappa shape index (κ3) is 4.18. The minimum Gasteiger partial charge on any atom is -0.465 e. The second-order valence-electron chi connectivity index (χ2n) is 7.63. The van der Waals surface area contributed by atoms with Gasteiger partial charge in [-0.2, -0.15) is 0 Å². The molecular formula is C24H26N4O2S. The van der Waals surface area contributed by atoms with E-state index >= 15 is 0 Å². The number of thiocarbonyl (C=S) groups is 1. The summed E-state index contributed by atoms with van der Waals surface area (Å²) in [5, 5.41) is 3.89. The second-order valence-corrected chi connectivity index (χ2v) is 8.02. The molecule has 3 aromatic rings. The van der Waals surface area contributed by atoms with Crippen LogP contribution in [0.15, 0.2) is 60.9 Å². The zero-order chi connectivity index (χ0) is 22.0. The number of benzene rings is 1. The summed E-state index contributed by atoms with van der Waals surface area (Å²) in [5.41, 5.74) is 5.43. The first kappa shape index (κ1) is 21.1. The van der Waals surface area contributed by atoms with Crippen molar-refractivity contribution in [3.63, 3.8) is 0 Å². The van der Waals surface area contributed by atoms with Crippen molar-refractivity contribution in [2.75, 3.05) is 13.2 Å². The molecule has 0 bridgehead atoms. The number of aromatic nitrogens is 2. The predicted molar refractivity (Wildman–Crippen MR) is 124 cm³/mol. The van der Waals surface area contributed by atoms with Crippen molar-refractivity contribution >= 4 is 23.3 Å². The van der Waals surface area contributed by atoms with Gasteiger partial charge in [-0.1, -0.05) is 12.1 Å². The van der Waals surface area contributed by atoms with Crippen LogP contribution in [0.25, 0.3) is 5.69 Å². The summed E-state index contributed by atoms with van der Waals surface area (Å²) in [7, 11) is 0. The van der Waals surface area contributed by atoms with Gasteiger partial charge in [0.15, 0.2) is 5.11 Å². The Morgan fingerprint density at radius 1 is 1.16 bits per heavy atom. The zero-order valence-corrected chi connectivity index (χ0v) is 18.7. The van der Waals surface area contributed by atoms with Crippen LogP contribution in [-0.4, -0.2) is 38.7 Å². The maximum absolute atomic E-state index is 12.4. The minimum absolute atomic E-state index is 0.0752. The lowest BCUT2D eigenvalue weighted by Crippen LogP contribution is -2.36. The summed E-state index contributed by atoms with van der Waals surface area (Å²) in [6.07, 6.45) is 3.81. The fourth-order valence-electron chi connectivity index (χ4n) is 3.99. The van der Waals surface area contributed by atoms with Gasteiger partial charge in [0.05, 0.1) is 24.4 Å². The molecule has 0 spiro atoms. The fraction of sp³-hybridized carbons (Fsp3) is 0.292. The predicted octanol–water partition coefficient (Wildman–Crippen LogP) is 4.02. The first-order valence-corrected chi connectivity index (χ1v) is 10.8. The zero-order valence-electron chi connectivity index (χ0n) is 17.9. The molecule has 0 saturated carbocycles. The number of hydrogen-bond donors (Lipinski definition) is 1. The van der Waals surface area contributed by atoms with Crippen LogP contribution in [0.5, 0.6) is 0 Å². The number of carbonyl (C=O) groups is 1. The third-order valence-corrected chi connectivity index (χ3v) is 6.01. The molecule has 1 aliphatic rings. The molecule has 7 heteroatoms. The van der Waals surface area contributed by atoms with Gasteiger partial charge in [0.1, 0.15) is 6.54 Å². The molecule has 2 atom stereocenters. The molecule has 1 aromatic carbocycles. The van der Waals surface area contributed by atoms with Gasteiger partial charge >= 0.3 is 5.97 Å². The first-order chi connectivity index (χ1) is 15.0. The highest BCUT2D eigenvalue weighted by Gasteiger charge is 2.42. The summed E-state index contributed by atoms with van der Waals surface area (Å²) >= 11 is 5.64. The van der Waals surface area contributed by atoms with E-state index in [1.165, 1.54) is 11.1 Å². The Labute approximate surface area is 187 Å². The summed E-state index contributed by atoms with van der Waals surface area (Å²) in [6.45, 7) is 6.43. The van der Waals surface area contributed by atoms with E-state index in [-0.39, 0.29) is 24.6 Å². The standard InChI is InChI=1S/C24H26N4O2S/c1-4-30-21(29)15-28-23(22(26-24(28)31)19-8-5-6-12-25-19)20-9-7-13-27(20)18-11-10-16(2)17(3)14-18/h5-14,22-23H,4,15H2,1-3H3,(H,26,31)/t22-,23+/m0/s1. The van der Waals surface area contributed by atoms with Gasteiger partial charge in [-0.15, -0.1) is 0 Å². The number of nitrogens with zero attached hydrogens (tertiary/aromatic N) is 3. The molecule has 160 valence electrons. The van der Waals surface area contributed by atoms with Gasteiger partial charge in [0.2, 0.25) is 0 Å². The number of rotatable bonds is 6. The van der Waals surface area contributed by atoms with Crippen LogP contribution >= 0.6 is 12.2 Å². The summed E-state index contributed by atoms with van der Waals surface area (Å²) < 4.78 is 7.37. The lowest BCUT2D eigenvalue weighted by atomic mass is 10.0. The van der Waals surface area contributed by atoms with E-state index in [2.05, 4.69) is 53.0 Å². The van der Waals surface area contributed by atoms with E-state index in [1.54, 1.807) is 13.1 Å². The van der Waals surface area contributed by atoms with Crippen molar-refractivity contribution in [2.24, 2.45) is 0 Å². The Morgan fingerprint density at radius 3 is 2.71 bits per heavy atom. The van der Waals surface area contributed by atoms with Crippen LogP contribution in [-0.2, 0) is 9.53 Å². The monoisotopic (exact) mass is 434 g/mol. The molecule has 31 heavy (non-hydrogen) atoms. The van der Waals surface area contributed by atoms with Crippen molar-refractivity contribution in [2.45, 2.75) is 32.9 Å². The van der Waals surface area contributed by atoms with E-state index in [1.807, 2.05) is 35.4 Å². The molecule has 1 fully saturated rings. The van der Waals surface area contributed by atoms with Crippen LogP contribution in [0, 0.1) is 13.8 Å². The second kappa shape index (κ2) is 8.89. The molecule has 1 saturated heterocycles. The highest BCUT2D eigenvalue weighted by Crippen LogP contribution is 2.39. The van der Waals surface area contributed by atoms with Crippen molar-refractivity contribution in [1.82, 2.24) is 19.8 Å². The maximum atomic E-state index is 12.4. The average molecular weight is 435 g/mol. The van der Waals surface area contributed by atoms with Crippen LogP contribution < -0.4 is 5.32 Å². The van der Waals surface area contributed by atoms with Crippen molar-refractivity contribution in [1.29, 1.82) is 0 Å². The van der Waals surface area contributed by atoms with Gasteiger partial charge in [0.25, 0.3) is 0 Å². The van der Waals surface area contributed by atoms with Crippen molar-refractivity contribution in [3.8, 4) is 5.69 Å². The van der Waals surface area contributed by atoms with Gasteiger partial charge < -0.3 is 19.5 Å². The van der Waals surface area contributed by atoms with E-state index in [0.717, 1.165) is 17.1 Å². The Balaban J connectivity index is 1.79. The SMILES string of the molecule is CCOC(=O)CN1C(=S)N[C@@H](c2ccccn2)[C@H]1c1cccn1-c1ccc(C)c(C)c1. The Hall–Kier alpha value is -3.19. The molecule has 2 aromatic heterocycles. The summed E-state index contributed by atoms with van der Waals surface area (Å²) in [6, 6.07) is 15.9. The first-order valence-electron chi connectivity index (χ1n) is 10.4. The fourth-order valence-corrected chi connectivity index (χ4v) is 4.29. The highest BCUT2D eigenvalue weighted by atomic mass is 32.1. The quantitative estimate of drug-likeness (QED) is 0.467. The molecule has 3 heterocycles. The maximum Gasteiger partial charge on any atom is 0.325 e.